The van der Waals surface area contributed by atoms with Gasteiger partial charge < -0.3 is 0 Å². The zero-order chi connectivity index (χ0) is 16.3. The lowest BCUT2D eigenvalue weighted by atomic mass is 9.88. The molecule has 0 amide bonds. The third-order valence-electron chi connectivity index (χ3n) is 4.13. The van der Waals surface area contributed by atoms with Gasteiger partial charge in [0.05, 0.1) is 5.75 Å². The first kappa shape index (κ1) is 19.2. The molecule has 1 N–H and O–H groups in total. The fraction of sp³-hybridized carbons (Fsp3) is 0.667. The van der Waals surface area contributed by atoms with Crippen molar-refractivity contribution < 1.29 is 13.0 Å². The molecule has 0 saturated heterocycles. The van der Waals surface area contributed by atoms with Crippen molar-refractivity contribution >= 4 is 10.1 Å². The van der Waals surface area contributed by atoms with Crippen LogP contribution in [-0.2, 0) is 10.1 Å². The number of rotatable bonds is 12. The Balaban J connectivity index is 2.38. The van der Waals surface area contributed by atoms with Gasteiger partial charge in [0.15, 0.2) is 0 Å². The van der Waals surface area contributed by atoms with Gasteiger partial charge in [-0.2, -0.15) is 8.42 Å². The second-order valence-electron chi connectivity index (χ2n) is 6.09. The van der Waals surface area contributed by atoms with E-state index in [1.165, 1.54) is 37.7 Å². The molecule has 0 aliphatic carbocycles. The van der Waals surface area contributed by atoms with Crippen LogP contribution in [0.1, 0.15) is 76.2 Å². The molecule has 0 fully saturated rings. The summed E-state index contributed by atoms with van der Waals surface area (Å²) in [5.41, 5.74) is 1.40. The van der Waals surface area contributed by atoms with Crippen LogP contribution in [0.4, 0.5) is 0 Å². The summed E-state index contributed by atoms with van der Waals surface area (Å²) in [6.07, 6.45) is 9.85. The van der Waals surface area contributed by atoms with Gasteiger partial charge in [-0.25, -0.2) is 0 Å². The summed E-state index contributed by atoms with van der Waals surface area (Å²) < 4.78 is 30.2. The Morgan fingerprint density at radius 1 is 0.909 bits per heavy atom. The molecule has 4 heteroatoms. The van der Waals surface area contributed by atoms with E-state index in [0.717, 1.165) is 19.3 Å². The highest BCUT2D eigenvalue weighted by Crippen LogP contribution is 2.28. The first-order chi connectivity index (χ1) is 10.5. The molecule has 0 saturated carbocycles. The van der Waals surface area contributed by atoms with Crippen molar-refractivity contribution in [2.75, 3.05) is 5.75 Å². The van der Waals surface area contributed by atoms with Crippen LogP contribution in [0.15, 0.2) is 30.3 Å². The lowest BCUT2D eigenvalue weighted by molar-refractivity contribution is 0.474. The molecule has 0 aliphatic heterocycles. The van der Waals surface area contributed by atoms with E-state index in [9.17, 15) is 8.42 Å². The Morgan fingerprint density at radius 3 is 2.05 bits per heavy atom. The maximum atomic E-state index is 10.7. The summed E-state index contributed by atoms with van der Waals surface area (Å²) in [7, 11) is -3.80. The molecule has 1 aromatic rings. The molecule has 3 nitrogen and oxygen atoms in total. The van der Waals surface area contributed by atoms with E-state index in [4.69, 9.17) is 4.55 Å². The van der Waals surface area contributed by atoms with E-state index < -0.39 is 10.1 Å². The van der Waals surface area contributed by atoms with E-state index in [1.807, 2.05) is 6.07 Å². The van der Waals surface area contributed by atoms with Gasteiger partial charge in [0.1, 0.15) is 0 Å². The van der Waals surface area contributed by atoms with Crippen LogP contribution < -0.4 is 0 Å². The van der Waals surface area contributed by atoms with E-state index in [-0.39, 0.29) is 5.75 Å². The molecular formula is C18H30O3S. The molecule has 0 bridgehead atoms. The largest absolute Gasteiger partial charge is 0.286 e. The Kier molecular flexibility index (Phi) is 9.41. The quantitative estimate of drug-likeness (QED) is 0.425. The molecule has 126 valence electrons. The lowest BCUT2D eigenvalue weighted by Gasteiger charge is -2.17. The minimum atomic E-state index is -3.80. The monoisotopic (exact) mass is 326 g/mol. The number of hydrogen-bond donors (Lipinski definition) is 1. The van der Waals surface area contributed by atoms with Crippen molar-refractivity contribution in [1.82, 2.24) is 0 Å². The molecule has 1 rings (SSSR count). The number of unbranched alkanes of at least 4 members (excludes halogenated alkanes) is 5. The summed E-state index contributed by atoms with van der Waals surface area (Å²) >= 11 is 0. The fourth-order valence-corrected chi connectivity index (χ4v) is 3.44. The van der Waals surface area contributed by atoms with Gasteiger partial charge in [-0.15, -0.1) is 0 Å². The molecule has 0 radical (unpaired) electrons. The Labute approximate surface area is 135 Å². The van der Waals surface area contributed by atoms with Gasteiger partial charge in [0.25, 0.3) is 10.1 Å². The smallest absolute Gasteiger partial charge is 0.264 e. The van der Waals surface area contributed by atoms with E-state index in [1.54, 1.807) is 0 Å². The van der Waals surface area contributed by atoms with Crippen LogP contribution in [0.5, 0.6) is 0 Å². The first-order valence-corrected chi connectivity index (χ1v) is 10.1. The van der Waals surface area contributed by atoms with Gasteiger partial charge >= 0.3 is 0 Å². The predicted molar refractivity (Wildman–Crippen MR) is 92.8 cm³/mol. The van der Waals surface area contributed by atoms with Crippen LogP contribution in [0, 0.1) is 0 Å². The predicted octanol–water partition coefficient (Wildman–Crippen LogP) is 5.19. The summed E-state index contributed by atoms with van der Waals surface area (Å²) in [5, 5.41) is 0. The number of benzene rings is 1. The minimum absolute atomic E-state index is 0.112. The zero-order valence-electron chi connectivity index (χ0n) is 13.7. The van der Waals surface area contributed by atoms with Crippen LogP contribution in [0.25, 0.3) is 0 Å². The summed E-state index contributed by atoms with van der Waals surface area (Å²) in [6.45, 7) is 2.23. The van der Waals surface area contributed by atoms with E-state index in [0.29, 0.717) is 12.3 Å². The third-order valence-corrected chi connectivity index (χ3v) is 4.94. The molecule has 1 aromatic carbocycles. The maximum absolute atomic E-state index is 10.7. The molecule has 22 heavy (non-hydrogen) atoms. The third kappa shape index (κ3) is 9.21. The molecule has 1 atom stereocenters. The van der Waals surface area contributed by atoms with Gasteiger partial charge in [-0.3, -0.25) is 4.55 Å². The second kappa shape index (κ2) is 10.8. The second-order valence-corrected chi connectivity index (χ2v) is 7.66. The average Bonchev–Trinajstić information content (AvgIpc) is 2.49. The Morgan fingerprint density at radius 2 is 1.50 bits per heavy atom. The van der Waals surface area contributed by atoms with Crippen molar-refractivity contribution in [2.24, 2.45) is 0 Å². The molecule has 0 heterocycles. The molecule has 0 aromatic heterocycles. The standard InChI is InChI=1S/C18H30O3S/c1-2-3-4-7-12-17(18-13-8-5-9-14-18)15-10-6-11-16-22(19,20)21/h5,8-9,13-14,17H,2-4,6-7,10-12,15-16H2,1H3,(H,19,20,21). The molecule has 0 spiro atoms. The van der Waals surface area contributed by atoms with Crippen LogP contribution in [0.3, 0.4) is 0 Å². The van der Waals surface area contributed by atoms with Crippen LogP contribution in [0.2, 0.25) is 0 Å². The van der Waals surface area contributed by atoms with Gasteiger partial charge in [-0.1, -0.05) is 75.8 Å². The van der Waals surface area contributed by atoms with Crippen LogP contribution >= 0.6 is 0 Å². The summed E-state index contributed by atoms with van der Waals surface area (Å²) in [6, 6.07) is 10.6. The lowest BCUT2D eigenvalue weighted by Crippen LogP contribution is -2.04. The highest BCUT2D eigenvalue weighted by atomic mass is 32.2. The van der Waals surface area contributed by atoms with Gasteiger partial charge in [0.2, 0.25) is 0 Å². The summed E-state index contributed by atoms with van der Waals surface area (Å²) in [5.74, 6) is 0.461. The van der Waals surface area contributed by atoms with Crippen molar-refractivity contribution in [3.8, 4) is 0 Å². The normalized spacial score (nSPS) is 13.2. The highest BCUT2D eigenvalue weighted by molar-refractivity contribution is 7.85. The minimum Gasteiger partial charge on any atom is -0.286 e. The zero-order valence-corrected chi connectivity index (χ0v) is 14.5. The SMILES string of the molecule is CCCCCCC(CCCCCS(=O)(=O)O)c1ccccc1. The highest BCUT2D eigenvalue weighted by Gasteiger charge is 2.11. The fourth-order valence-electron chi connectivity index (χ4n) is 2.87. The topological polar surface area (TPSA) is 54.4 Å². The average molecular weight is 327 g/mol. The molecular weight excluding hydrogens is 296 g/mol. The van der Waals surface area contributed by atoms with Gasteiger partial charge in [-0.05, 0) is 30.7 Å². The first-order valence-electron chi connectivity index (χ1n) is 8.53. The van der Waals surface area contributed by atoms with E-state index in [2.05, 4.69) is 31.2 Å². The van der Waals surface area contributed by atoms with Crippen molar-refractivity contribution in [2.45, 2.75) is 70.6 Å². The Bertz CT molecular complexity index is 482. The molecule has 1 unspecified atom stereocenters. The van der Waals surface area contributed by atoms with E-state index >= 15 is 0 Å². The maximum Gasteiger partial charge on any atom is 0.264 e. The van der Waals surface area contributed by atoms with Crippen molar-refractivity contribution in [3.63, 3.8) is 0 Å². The van der Waals surface area contributed by atoms with Gasteiger partial charge in [0, 0.05) is 0 Å². The van der Waals surface area contributed by atoms with Crippen molar-refractivity contribution in [1.29, 1.82) is 0 Å². The Hall–Kier alpha value is -0.870. The van der Waals surface area contributed by atoms with Crippen molar-refractivity contribution in [3.05, 3.63) is 35.9 Å². The number of hydrogen-bond acceptors (Lipinski definition) is 2. The summed E-state index contributed by atoms with van der Waals surface area (Å²) in [4.78, 5) is 0. The molecule has 0 aliphatic rings. The van der Waals surface area contributed by atoms with Crippen LogP contribution in [-0.4, -0.2) is 18.7 Å².